The highest BCUT2D eigenvalue weighted by atomic mass is 15.2. The lowest BCUT2D eigenvalue weighted by molar-refractivity contribution is 0.998. The summed E-state index contributed by atoms with van der Waals surface area (Å²) in [6, 6.07) is 68.8. The van der Waals surface area contributed by atoms with Crippen LogP contribution >= 0.6 is 0 Å². The van der Waals surface area contributed by atoms with Crippen molar-refractivity contribution in [2.45, 2.75) is 0 Å². The molecule has 54 heavy (non-hydrogen) atoms. The maximum Gasteiger partial charge on any atom is 0.235 e. The molecule has 0 unspecified atom stereocenters. The highest BCUT2D eigenvalue weighted by Gasteiger charge is 2.25. The standard InChI is InChI=1S/C50H32N4/c1-4-16-33(17-5-1)34-28-30-36(31-29-34)43-32-42(35-18-6-2-7-19-35)51-50(52-43)54-45-27-15-13-25-41(45)47-48(54)39-23-11-10-22-38(39)46-40-24-12-14-26-44(40)53(49(46)47)37-20-8-3-9-21-37/h1-32H. The Morgan fingerprint density at radius 2 is 0.759 bits per heavy atom. The lowest BCUT2D eigenvalue weighted by Crippen LogP contribution is -2.04. The Labute approximate surface area is 311 Å². The van der Waals surface area contributed by atoms with Gasteiger partial charge in [-0.15, -0.1) is 0 Å². The van der Waals surface area contributed by atoms with Gasteiger partial charge in [0.25, 0.3) is 0 Å². The van der Waals surface area contributed by atoms with Crippen LogP contribution in [0.15, 0.2) is 194 Å². The molecule has 0 spiro atoms. The van der Waals surface area contributed by atoms with Gasteiger partial charge in [-0.3, -0.25) is 4.57 Å². The van der Waals surface area contributed by atoms with E-state index in [0.717, 1.165) is 50.0 Å². The average Bonchev–Trinajstić information content (AvgIpc) is 3.79. The molecule has 0 radical (unpaired) electrons. The van der Waals surface area contributed by atoms with Crippen LogP contribution in [0.25, 0.3) is 99.7 Å². The molecular formula is C50H32N4. The number of hydrogen-bond acceptors (Lipinski definition) is 2. The number of nitrogens with zero attached hydrogens (tertiary/aromatic N) is 4. The van der Waals surface area contributed by atoms with E-state index in [1.807, 2.05) is 6.07 Å². The first kappa shape index (κ1) is 30.3. The molecule has 0 aliphatic rings. The molecule has 0 amide bonds. The number of hydrogen-bond donors (Lipinski definition) is 0. The molecule has 0 aliphatic carbocycles. The summed E-state index contributed by atoms with van der Waals surface area (Å²) in [5.41, 5.74) is 11.8. The second-order valence-electron chi connectivity index (χ2n) is 13.8. The topological polar surface area (TPSA) is 35.6 Å². The monoisotopic (exact) mass is 688 g/mol. The number of fused-ring (bicyclic) bond motifs is 10. The zero-order valence-electron chi connectivity index (χ0n) is 29.3. The summed E-state index contributed by atoms with van der Waals surface area (Å²) in [6.07, 6.45) is 0. The van der Waals surface area contributed by atoms with E-state index in [1.165, 1.54) is 43.7 Å². The first-order chi connectivity index (χ1) is 26.8. The Morgan fingerprint density at radius 3 is 1.41 bits per heavy atom. The lowest BCUT2D eigenvalue weighted by Gasteiger charge is -2.14. The normalized spacial score (nSPS) is 11.7. The van der Waals surface area contributed by atoms with Gasteiger partial charge in [-0.25, -0.2) is 9.97 Å². The Kier molecular flexibility index (Phi) is 6.82. The second kappa shape index (κ2) is 12.1. The van der Waals surface area contributed by atoms with Crippen molar-refractivity contribution in [1.82, 2.24) is 19.1 Å². The average molecular weight is 689 g/mol. The minimum atomic E-state index is 0.636. The number of rotatable bonds is 5. The summed E-state index contributed by atoms with van der Waals surface area (Å²) < 4.78 is 4.74. The van der Waals surface area contributed by atoms with Gasteiger partial charge in [0.05, 0.1) is 33.5 Å². The van der Waals surface area contributed by atoms with E-state index in [1.54, 1.807) is 0 Å². The SMILES string of the molecule is c1ccc(-c2ccc(-c3cc(-c4ccccc4)nc(-n4c5ccccc5c5c4c4ccccc4c4c6ccccc6n(-c6ccccc6)c45)n3)cc2)cc1. The predicted molar refractivity (Wildman–Crippen MR) is 225 cm³/mol. The summed E-state index contributed by atoms with van der Waals surface area (Å²) in [4.78, 5) is 10.8. The molecule has 0 fully saturated rings. The third-order valence-electron chi connectivity index (χ3n) is 10.7. The molecule has 0 saturated heterocycles. The fourth-order valence-corrected chi connectivity index (χ4v) is 8.35. The molecule has 0 atom stereocenters. The Bertz CT molecular complexity index is 3180. The predicted octanol–water partition coefficient (Wildman–Crippen LogP) is 12.8. The van der Waals surface area contributed by atoms with Crippen molar-refractivity contribution < 1.29 is 0 Å². The third kappa shape index (κ3) is 4.64. The first-order valence-electron chi connectivity index (χ1n) is 18.3. The number of aromatic nitrogens is 4. The maximum absolute atomic E-state index is 5.43. The Balaban J connectivity index is 1.28. The van der Waals surface area contributed by atoms with Crippen LogP contribution in [0.3, 0.4) is 0 Å². The first-order valence-corrected chi connectivity index (χ1v) is 18.3. The molecule has 0 bridgehead atoms. The molecule has 3 heterocycles. The number of para-hydroxylation sites is 3. The molecule has 4 heteroatoms. The van der Waals surface area contributed by atoms with E-state index < -0.39 is 0 Å². The molecule has 11 aromatic rings. The van der Waals surface area contributed by atoms with Crippen LogP contribution in [-0.2, 0) is 0 Å². The third-order valence-corrected chi connectivity index (χ3v) is 10.7. The second-order valence-corrected chi connectivity index (χ2v) is 13.8. The van der Waals surface area contributed by atoms with Crippen LogP contribution < -0.4 is 0 Å². The van der Waals surface area contributed by atoms with Crippen molar-refractivity contribution in [3.8, 4) is 45.3 Å². The summed E-state index contributed by atoms with van der Waals surface area (Å²) in [6.45, 7) is 0. The molecule has 0 aliphatic heterocycles. The summed E-state index contributed by atoms with van der Waals surface area (Å²) in [5, 5.41) is 7.18. The fourth-order valence-electron chi connectivity index (χ4n) is 8.35. The van der Waals surface area contributed by atoms with Crippen LogP contribution in [-0.4, -0.2) is 19.1 Å². The van der Waals surface area contributed by atoms with Gasteiger partial charge in [0, 0.05) is 43.7 Å². The van der Waals surface area contributed by atoms with E-state index in [0.29, 0.717) is 5.95 Å². The van der Waals surface area contributed by atoms with Crippen molar-refractivity contribution in [2.24, 2.45) is 0 Å². The summed E-state index contributed by atoms with van der Waals surface area (Å²) in [7, 11) is 0. The van der Waals surface area contributed by atoms with E-state index in [2.05, 4.69) is 197 Å². The van der Waals surface area contributed by atoms with Gasteiger partial charge >= 0.3 is 0 Å². The van der Waals surface area contributed by atoms with Gasteiger partial charge in [-0.05, 0) is 46.8 Å². The molecule has 4 nitrogen and oxygen atoms in total. The molecule has 0 N–H and O–H groups in total. The van der Waals surface area contributed by atoms with Crippen molar-refractivity contribution in [3.05, 3.63) is 194 Å². The molecule has 11 rings (SSSR count). The minimum Gasteiger partial charge on any atom is -0.309 e. The van der Waals surface area contributed by atoms with E-state index in [9.17, 15) is 0 Å². The van der Waals surface area contributed by atoms with Crippen LogP contribution in [0.5, 0.6) is 0 Å². The van der Waals surface area contributed by atoms with Crippen molar-refractivity contribution in [2.75, 3.05) is 0 Å². The van der Waals surface area contributed by atoms with Crippen molar-refractivity contribution >= 4 is 54.4 Å². The molecular weight excluding hydrogens is 657 g/mol. The molecule has 252 valence electrons. The smallest absolute Gasteiger partial charge is 0.235 e. The highest BCUT2D eigenvalue weighted by molar-refractivity contribution is 6.36. The van der Waals surface area contributed by atoms with Crippen LogP contribution in [0.4, 0.5) is 0 Å². The summed E-state index contributed by atoms with van der Waals surface area (Å²) in [5.74, 6) is 0.636. The van der Waals surface area contributed by atoms with Gasteiger partial charge in [0.2, 0.25) is 5.95 Å². The van der Waals surface area contributed by atoms with Crippen molar-refractivity contribution in [3.63, 3.8) is 0 Å². The maximum atomic E-state index is 5.43. The molecule has 0 saturated carbocycles. The molecule has 3 aromatic heterocycles. The zero-order chi connectivity index (χ0) is 35.6. The zero-order valence-corrected chi connectivity index (χ0v) is 29.3. The minimum absolute atomic E-state index is 0.636. The van der Waals surface area contributed by atoms with Gasteiger partial charge in [-0.2, -0.15) is 0 Å². The lowest BCUT2D eigenvalue weighted by atomic mass is 9.99. The number of benzene rings is 8. The highest BCUT2D eigenvalue weighted by Crippen LogP contribution is 2.46. The molecule has 8 aromatic carbocycles. The van der Waals surface area contributed by atoms with Crippen LogP contribution in [0, 0.1) is 0 Å². The van der Waals surface area contributed by atoms with Gasteiger partial charge in [-0.1, -0.05) is 164 Å². The van der Waals surface area contributed by atoms with Crippen LogP contribution in [0.2, 0.25) is 0 Å². The van der Waals surface area contributed by atoms with Crippen molar-refractivity contribution in [1.29, 1.82) is 0 Å². The van der Waals surface area contributed by atoms with E-state index >= 15 is 0 Å². The Hall–Kier alpha value is -7.30. The van der Waals surface area contributed by atoms with E-state index in [-0.39, 0.29) is 0 Å². The largest absolute Gasteiger partial charge is 0.309 e. The van der Waals surface area contributed by atoms with Gasteiger partial charge < -0.3 is 4.57 Å². The fraction of sp³-hybridized carbons (Fsp3) is 0. The Morgan fingerprint density at radius 1 is 0.315 bits per heavy atom. The van der Waals surface area contributed by atoms with E-state index in [4.69, 9.17) is 9.97 Å². The van der Waals surface area contributed by atoms with Gasteiger partial charge in [0.1, 0.15) is 0 Å². The summed E-state index contributed by atoms with van der Waals surface area (Å²) >= 11 is 0. The van der Waals surface area contributed by atoms with Gasteiger partial charge in [0.15, 0.2) is 0 Å². The van der Waals surface area contributed by atoms with Crippen LogP contribution in [0.1, 0.15) is 0 Å². The quantitative estimate of drug-likeness (QED) is 0.180.